The number of non-ortho nitro benzene ring substituents is 1. The molecule has 7 nitrogen and oxygen atoms in total. The molecule has 0 spiro atoms. The standard InChI is InChI=1S/C13H11N3O4/c1-14-6-4-10(5-7-14)8-11-2-3-12(15(17)18)9-13(11)16(19)20/h2-9H,1H3. The number of benzene rings is 1. The van der Waals surface area contributed by atoms with E-state index in [1.807, 2.05) is 24.3 Å². The van der Waals surface area contributed by atoms with Crippen LogP contribution in [-0.2, 0) is 0 Å². The first-order valence-corrected chi connectivity index (χ1v) is 5.70. The van der Waals surface area contributed by atoms with Crippen molar-refractivity contribution in [2.45, 2.75) is 0 Å². The fraction of sp³-hybridized carbons (Fsp3) is 0.0769. The van der Waals surface area contributed by atoms with E-state index in [1.54, 1.807) is 18.2 Å². The fourth-order valence-electron chi connectivity index (χ4n) is 1.71. The molecule has 1 aromatic carbocycles. The van der Waals surface area contributed by atoms with Gasteiger partial charge in [0.1, 0.15) is 0 Å². The number of nitro groups is 2. The fourth-order valence-corrected chi connectivity index (χ4v) is 1.71. The Kier molecular flexibility index (Phi) is 3.60. The molecule has 7 heteroatoms. The maximum absolute atomic E-state index is 11.0. The Morgan fingerprint density at radius 3 is 2.30 bits per heavy atom. The summed E-state index contributed by atoms with van der Waals surface area (Å²) in [5.74, 6) is 0. The van der Waals surface area contributed by atoms with Gasteiger partial charge >= 0.3 is 0 Å². The monoisotopic (exact) mass is 273 g/mol. The average Bonchev–Trinajstić information content (AvgIpc) is 2.41. The zero-order chi connectivity index (χ0) is 14.7. The van der Waals surface area contributed by atoms with Crippen molar-refractivity contribution in [3.63, 3.8) is 0 Å². The molecule has 1 heterocycles. The van der Waals surface area contributed by atoms with Gasteiger partial charge in [-0.05, 0) is 29.9 Å². The number of allylic oxidation sites excluding steroid dienone is 3. The first kappa shape index (κ1) is 13.5. The van der Waals surface area contributed by atoms with Crippen LogP contribution in [0.15, 0.2) is 48.3 Å². The summed E-state index contributed by atoms with van der Waals surface area (Å²) < 4.78 is 0. The van der Waals surface area contributed by atoms with E-state index in [0.29, 0.717) is 5.56 Å². The number of hydrogen-bond donors (Lipinski definition) is 0. The van der Waals surface area contributed by atoms with Crippen molar-refractivity contribution < 1.29 is 9.85 Å². The van der Waals surface area contributed by atoms with Crippen LogP contribution in [-0.4, -0.2) is 21.8 Å². The van der Waals surface area contributed by atoms with E-state index in [1.165, 1.54) is 12.1 Å². The summed E-state index contributed by atoms with van der Waals surface area (Å²) in [7, 11) is 1.86. The first-order valence-electron chi connectivity index (χ1n) is 5.70. The second-order valence-corrected chi connectivity index (χ2v) is 4.20. The molecule has 0 N–H and O–H groups in total. The van der Waals surface area contributed by atoms with E-state index in [2.05, 4.69) is 0 Å². The third-order valence-corrected chi connectivity index (χ3v) is 2.75. The molecule has 0 saturated carbocycles. The van der Waals surface area contributed by atoms with Crippen LogP contribution < -0.4 is 0 Å². The molecule has 20 heavy (non-hydrogen) atoms. The summed E-state index contributed by atoms with van der Waals surface area (Å²) in [4.78, 5) is 22.2. The smallest absolute Gasteiger partial charge is 0.283 e. The minimum absolute atomic E-state index is 0.285. The molecule has 0 radical (unpaired) electrons. The van der Waals surface area contributed by atoms with Gasteiger partial charge in [-0.2, -0.15) is 0 Å². The summed E-state index contributed by atoms with van der Waals surface area (Å²) in [6.07, 6.45) is 8.82. The van der Waals surface area contributed by atoms with E-state index < -0.39 is 9.85 Å². The van der Waals surface area contributed by atoms with Crippen LogP contribution in [0.4, 0.5) is 11.4 Å². The SMILES string of the molecule is CN1C=CC(=Cc2ccc([N+](=O)[O-])cc2[N+](=O)[O-])C=C1. The second kappa shape index (κ2) is 5.35. The lowest BCUT2D eigenvalue weighted by molar-refractivity contribution is -0.394. The average molecular weight is 273 g/mol. The Hall–Kier alpha value is -2.96. The molecule has 0 fully saturated rings. The van der Waals surface area contributed by atoms with E-state index >= 15 is 0 Å². The van der Waals surface area contributed by atoms with Gasteiger partial charge in [-0.3, -0.25) is 20.2 Å². The summed E-state index contributed by atoms with van der Waals surface area (Å²) in [5.41, 5.74) is 0.523. The van der Waals surface area contributed by atoms with Crippen LogP contribution in [0.3, 0.4) is 0 Å². The Balaban J connectivity index is 2.44. The Morgan fingerprint density at radius 2 is 1.75 bits per heavy atom. The predicted octanol–water partition coefficient (Wildman–Crippen LogP) is 2.86. The van der Waals surface area contributed by atoms with E-state index in [9.17, 15) is 20.2 Å². The third kappa shape index (κ3) is 2.89. The quantitative estimate of drug-likeness (QED) is 0.624. The zero-order valence-electron chi connectivity index (χ0n) is 10.6. The Bertz CT molecular complexity index is 646. The Morgan fingerprint density at radius 1 is 1.10 bits per heavy atom. The van der Waals surface area contributed by atoms with Crippen molar-refractivity contribution in [3.8, 4) is 0 Å². The number of hydrogen-bond acceptors (Lipinski definition) is 5. The molecule has 0 unspecified atom stereocenters. The molecule has 2 rings (SSSR count). The molecule has 0 bridgehead atoms. The van der Waals surface area contributed by atoms with E-state index in [-0.39, 0.29) is 11.4 Å². The van der Waals surface area contributed by atoms with E-state index in [4.69, 9.17) is 0 Å². The van der Waals surface area contributed by atoms with E-state index in [0.717, 1.165) is 11.6 Å². The molecule has 0 saturated heterocycles. The molecule has 0 amide bonds. The van der Waals surface area contributed by atoms with Gasteiger partial charge in [0.25, 0.3) is 11.4 Å². The molecule has 1 aromatic rings. The number of nitrogens with zero attached hydrogens (tertiary/aromatic N) is 3. The van der Waals surface area contributed by atoms with Crippen molar-refractivity contribution in [2.75, 3.05) is 7.05 Å². The highest BCUT2D eigenvalue weighted by Crippen LogP contribution is 2.27. The van der Waals surface area contributed by atoms with Crippen molar-refractivity contribution in [3.05, 3.63) is 74.1 Å². The minimum atomic E-state index is -0.653. The van der Waals surface area contributed by atoms with Crippen molar-refractivity contribution >= 4 is 17.5 Å². The molecular weight excluding hydrogens is 262 g/mol. The predicted molar refractivity (Wildman–Crippen MR) is 73.8 cm³/mol. The van der Waals surface area contributed by atoms with Crippen LogP contribution in [0.5, 0.6) is 0 Å². The summed E-state index contributed by atoms with van der Waals surface area (Å²) in [6, 6.07) is 3.60. The maximum Gasteiger partial charge on any atom is 0.283 e. The zero-order valence-corrected chi connectivity index (χ0v) is 10.6. The summed E-state index contributed by atoms with van der Waals surface area (Å²) in [5, 5.41) is 21.7. The van der Waals surface area contributed by atoms with Gasteiger partial charge in [0.15, 0.2) is 0 Å². The minimum Gasteiger partial charge on any atom is -0.357 e. The van der Waals surface area contributed by atoms with Gasteiger partial charge < -0.3 is 4.90 Å². The van der Waals surface area contributed by atoms with Gasteiger partial charge in [0.05, 0.1) is 21.5 Å². The second-order valence-electron chi connectivity index (χ2n) is 4.20. The summed E-state index contributed by atoms with van der Waals surface area (Å²) >= 11 is 0. The van der Waals surface area contributed by atoms with Gasteiger partial charge in [-0.15, -0.1) is 0 Å². The van der Waals surface area contributed by atoms with Gasteiger partial charge in [0, 0.05) is 25.5 Å². The van der Waals surface area contributed by atoms with Gasteiger partial charge in [0.2, 0.25) is 0 Å². The molecule has 102 valence electrons. The van der Waals surface area contributed by atoms with Crippen LogP contribution >= 0.6 is 0 Å². The molecule has 0 atom stereocenters. The van der Waals surface area contributed by atoms with Crippen LogP contribution in [0.2, 0.25) is 0 Å². The van der Waals surface area contributed by atoms with Gasteiger partial charge in [-0.25, -0.2) is 0 Å². The maximum atomic E-state index is 11.0. The molecule has 0 aromatic heterocycles. The lowest BCUT2D eigenvalue weighted by Gasteiger charge is -2.11. The lowest BCUT2D eigenvalue weighted by atomic mass is 10.1. The summed E-state index contributed by atoms with van der Waals surface area (Å²) in [6.45, 7) is 0. The highest BCUT2D eigenvalue weighted by molar-refractivity contribution is 5.69. The van der Waals surface area contributed by atoms with Crippen LogP contribution in [0, 0.1) is 20.2 Å². The molecule has 1 aliphatic rings. The largest absolute Gasteiger partial charge is 0.357 e. The lowest BCUT2D eigenvalue weighted by Crippen LogP contribution is -2.03. The van der Waals surface area contributed by atoms with Gasteiger partial charge in [-0.1, -0.05) is 0 Å². The molecular formula is C13H11N3O4. The van der Waals surface area contributed by atoms with Crippen molar-refractivity contribution in [1.82, 2.24) is 4.90 Å². The van der Waals surface area contributed by atoms with Crippen molar-refractivity contribution in [2.24, 2.45) is 0 Å². The normalized spacial score (nSPS) is 13.4. The third-order valence-electron chi connectivity index (χ3n) is 2.75. The van der Waals surface area contributed by atoms with Crippen molar-refractivity contribution in [1.29, 1.82) is 0 Å². The number of rotatable bonds is 3. The highest BCUT2D eigenvalue weighted by atomic mass is 16.6. The highest BCUT2D eigenvalue weighted by Gasteiger charge is 2.18. The Labute approximate surface area is 114 Å². The molecule has 0 aliphatic carbocycles. The van der Waals surface area contributed by atoms with Crippen LogP contribution in [0.25, 0.3) is 6.08 Å². The number of nitro benzene ring substituents is 2. The molecule has 1 aliphatic heterocycles. The van der Waals surface area contributed by atoms with Crippen LogP contribution in [0.1, 0.15) is 5.56 Å². The first-order chi connectivity index (χ1) is 9.47. The topological polar surface area (TPSA) is 89.5 Å².